The Balaban J connectivity index is 3.81. The monoisotopic (exact) mass is 1270 g/mol. The van der Waals surface area contributed by atoms with Gasteiger partial charge in [-0.25, -0.2) is 4.57 Å². The second-order valence-electron chi connectivity index (χ2n) is 25.5. The lowest BCUT2D eigenvalue weighted by Crippen LogP contribution is -2.29. The molecule has 0 aliphatic heterocycles. The van der Waals surface area contributed by atoms with E-state index in [0.29, 0.717) is 6.42 Å². The van der Waals surface area contributed by atoms with Crippen molar-refractivity contribution in [1.29, 1.82) is 0 Å². The Morgan fingerprint density at radius 3 is 0.933 bits per heavy atom. The molecular weight excluding hydrogens is 1120 g/mol. The van der Waals surface area contributed by atoms with Crippen LogP contribution in [0.1, 0.15) is 373 Å². The number of carbonyl (C=O) groups is 2. The quantitative estimate of drug-likeness (QED) is 0.0264. The summed E-state index contributed by atoms with van der Waals surface area (Å²) in [7, 11) is -4.40. The van der Waals surface area contributed by atoms with Crippen LogP contribution in [-0.4, -0.2) is 49.3 Å². The number of carbonyl (C=O) groups excluding carboxylic acids is 2. The first-order valence-electron chi connectivity index (χ1n) is 38.1. The van der Waals surface area contributed by atoms with E-state index in [-0.39, 0.29) is 38.6 Å². The van der Waals surface area contributed by atoms with Crippen molar-refractivity contribution in [2.45, 2.75) is 380 Å². The fraction of sp³-hybridized carbons (Fsp3) is 0.797. The lowest BCUT2D eigenvalue weighted by atomic mass is 10.0. The molecule has 2 atom stereocenters. The Labute approximate surface area is 551 Å². The average molecular weight is 1270 g/mol. The fourth-order valence-corrected chi connectivity index (χ4v) is 11.9. The Hall–Kier alpha value is -2.81. The molecule has 518 valence electrons. The fourth-order valence-electron chi connectivity index (χ4n) is 11.2. The molecule has 10 heteroatoms. The van der Waals surface area contributed by atoms with E-state index in [1.54, 1.807) is 0 Å². The predicted molar refractivity (Wildman–Crippen MR) is 386 cm³/mol. The van der Waals surface area contributed by atoms with Crippen molar-refractivity contribution in [3.8, 4) is 0 Å². The van der Waals surface area contributed by atoms with Gasteiger partial charge in [-0.3, -0.25) is 18.6 Å². The minimum atomic E-state index is -4.40. The summed E-state index contributed by atoms with van der Waals surface area (Å²) in [5.41, 5.74) is 5.41. The van der Waals surface area contributed by atoms with E-state index < -0.39 is 26.5 Å². The topological polar surface area (TPSA) is 134 Å². The second-order valence-corrected chi connectivity index (χ2v) is 26.9. The van der Waals surface area contributed by atoms with Crippen LogP contribution in [0.2, 0.25) is 0 Å². The third-order valence-corrected chi connectivity index (χ3v) is 17.7. The number of allylic oxidation sites excluding steroid dienone is 14. The molecule has 0 aromatic heterocycles. The Morgan fingerprint density at radius 1 is 0.348 bits per heavy atom. The molecule has 0 spiro atoms. The lowest BCUT2D eigenvalue weighted by Gasteiger charge is -2.19. The van der Waals surface area contributed by atoms with Crippen LogP contribution in [0.5, 0.6) is 0 Å². The molecule has 0 aromatic rings. The minimum Gasteiger partial charge on any atom is -0.462 e. The van der Waals surface area contributed by atoms with Crippen molar-refractivity contribution in [3.63, 3.8) is 0 Å². The zero-order chi connectivity index (χ0) is 64.4. The van der Waals surface area contributed by atoms with Crippen molar-refractivity contribution in [2.75, 3.05) is 26.4 Å². The SMILES string of the molecule is CC/C=C\C/C=C\C/C=C\C/C=C\C/C=C\C/C=C\CCCCCCCCCCCCCCC(=O)OC(COC(=O)CCCCCCCCCCCCCCCCCCCCCCCCCCC/C=C\CCCCCCCCCC)COP(=O)(O)OCCN. The molecule has 0 radical (unpaired) electrons. The maximum atomic E-state index is 12.8. The summed E-state index contributed by atoms with van der Waals surface area (Å²) in [5.74, 6) is -0.816. The van der Waals surface area contributed by atoms with Gasteiger partial charge < -0.3 is 20.1 Å². The minimum absolute atomic E-state index is 0.0519. The summed E-state index contributed by atoms with van der Waals surface area (Å²) in [4.78, 5) is 35.4. The van der Waals surface area contributed by atoms with E-state index in [2.05, 4.69) is 98.9 Å². The number of rotatable bonds is 72. The highest BCUT2D eigenvalue weighted by molar-refractivity contribution is 7.47. The highest BCUT2D eigenvalue weighted by Gasteiger charge is 2.26. The molecule has 89 heavy (non-hydrogen) atoms. The summed E-state index contributed by atoms with van der Waals surface area (Å²) >= 11 is 0. The highest BCUT2D eigenvalue weighted by Crippen LogP contribution is 2.43. The largest absolute Gasteiger partial charge is 0.472 e. The van der Waals surface area contributed by atoms with Crippen molar-refractivity contribution in [1.82, 2.24) is 0 Å². The van der Waals surface area contributed by atoms with Crippen LogP contribution in [0.15, 0.2) is 85.1 Å². The van der Waals surface area contributed by atoms with Crippen LogP contribution in [0.25, 0.3) is 0 Å². The summed E-state index contributed by atoms with van der Waals surface area (Å²) in [6.45, 7) is 3.68. The van der Waals surface area contributed by atoms with E-state index in [1.165, 1.54) is 263 Å². The zero-order valence-electron chi connectivity index (χ0n) is 58.4. The highest BCUT2D eigenvalue weighted by atomic mass is 31.2. The first-order valence-corrected chi connectivity index (χ1v) is 39.6. The van der Waals surface area contributed by atoms with Crippen LogP contribution in [0.3, 0.4) is 0 Å². The molecule has 0 bridgehead atoms. The third kappa shape index (κ3) is 74.1. The van der Waals surface area contributed by atoms with Gasteiger partial charge >= 0.3 is 19.8 Å². The maximum absolute atomic E-state index is 12.8. The van der Waals surface area contributed by atoms with Gasteiger partial charge in [-0.05, 0) is 89.9 Å². The van der Waals surface area contributed by atoms with Crippen LogP contribution in [-0.2, 0) is 32.7 Å². The van der Waals surface area contributed by atoms with Gasteiger partial charge in [-0.15, -0.1) is 0 Å². The normalized spacial score (nSPS) is 13.3. The Morgan fingerprint density at radius 2 is 0.618 bits per heavy atom. The molecule has 0 saturated carbocycles. The van der Waals surface area contributed by atoms with Crippen LogP contribution in [0.4, 0.5) is 0 Å². The Bertz CT molecular complexity index is 1740. The molecule has 0 aliphatic carbocycles. The molecule has 2 unspecified atom stereocenters. The van der Waals surface area contributed by atoms with Gasteiger partial charge in [0, 0.05) is 19.4 Å². The number of hydrogen-bond donors (Lipinski definition) is 2. The lowest BCUT2D eigenvalue weighted by molar-refractivity contribution is -0.161. The third-order valence-electron chi connectivity index (χ3n) is 16.8. The Kier molecular flexibility index (Phi) is 71.9. The van der Waals surface area contributed by atoms with Gasteiger partial charge in [0.1, 0.15) is 6.61 Å². The molecule has 9 nitrogen and oxygen atoms in total. The number of esters is 2. The molecule has 0 fully saturated rings. The number of phosphoric acid groups is 1. The molecule has 0 heterocycles. The van der Waals surface area contributed by atoms with Gasteiger partial charge in [0.25, 0.3) is 0 Å². The van der Waals surface area contributed by atoms with Gasteiger partial charge in [-0.2, -0.15) is 0 Å². The summed E-state index contributed by atoms with van der Waals surface area (Å²) in [5, 5.41) is 0. The number of hydrogen-bond acceptors (Lipinski definition) is 8. The van der Waals surface area contributed by atoms with E-state index in [1.807, 2.05) is 0 Å². The van der Waals surface area contributed by atoms with Gasteiger partial charge in [-0.1, -0.05) is 356 Å². The first-order chi connectivity index (χ1) is 43.8. The standard InChI is InChI=1S/C79H144NO8P/c1-3-5-7-9-11-13-15-17-19-21-23-25-27-29-31-33-35-36-37-38-39-40-42-43-45-47-49-51-53-55-57-59-61-63-65-67-69-71-78(81)85-75-77(76-87-89(83,84)86-74-73-80)88-79(82)72-70-68-66-64-62-60-58-56-54-52-50-48-46-44-41-34-32-30-28-26-24-22-20-18-16-14-12-10-8-6-4-2/h6,8,12,14,18,20-21,23-24,26,30,32,41,44,77H,3-5,7,9-11,13,15-17,19,22,25,27-29,31,33-40,42-43,45-76,80H2,1-2H3,(H,83,84)/b8-6-,14-12-,20-18-,23-21-,26-24-,32-30-,44-41-. The number of nitrogens with two attached hydrogens (primary N) is 1. The second kappa shape index (κ2) is 74.2. The van der Waals surface area contributed by atoms with Gasteiger partial charge in [0.15, 0.2) is 6.10 Å². The predicted octanol–water partition coefficient (Wildman–Crippen LogP) is 25.3. The number of phosphoric ester groups is 1. The van der Waals surface area contributed by atoms with E-state index in [0.717, 1.165) is 77.0 Å². The van der Waals surface area contributed by atoms with Gasteiger partial charge in [0.05, 0.1) is 13.2 Å². The van der Waals surface area contributed by atoms with Crippen molar-refractivity contribution in [3.05, 3.63) is 85.1 Å². The van der Waals surface area contributed by atoms with Crippen LogP contribution >= 0.6 is 7.82 Å². The zero-order valence-corrected chi connectivity index (χ0v) is 59.3. The van der Waals surface area contributed by atoms with E-state index in [9.17, 15) is 19.0 Å². The summed E-state index contributed by atoms with van der Waals surface area (Å²) < 4.78 is 33.2. The number of ether oxygens (including phenoxy) is 2. The molecule has 0 aromatic carbocycles. The smallest absolute Gasteiger partial charge is 0.462 e. The molecule has 0 rings (SSSR count). The number of unbranched alkanes of at least 4 members (excludes halogenated alkanes) is 45. The van der Waals surface area contributed by atoms with Crippen LogP contribution < -0.4 is 5.73 Å². The average Bonchev–Trinajstić information content (AvgIpc) is 3.68. The van der Waals surface area contributed by atoms with Crippen molar-refractivity contribution in [2.24, 2.45) is 5.73 Å². The summed E-state index contributed by atoms with van der Waals surface area (Å²) in [6.07, 6.45) is 99.9. The maximum Gasteiger partial charge on any atom is 0.472 e. The van der Waals surface area contributed by atoms with Crippen LogP contribution in [0, 0.1) is 0 Å². The van der Waals surface area contributed by atoms with Gasteiger partial charge in [0.2, 0.25) is 0 Å². The molecule has 0 amide bonds. The first kappa shape index (κ1) is 86.2. The molecular formula is C79H144NO8P. The van der Waals surface area contributed by atoms with E-state index in [4.69, 9.17) is 24.3 Å². The molecule has 0 aliphatic rings. The molecule has 3 N–H and O–H groups in total. The summed E-state index contributed by atoms with van der Waals surface area (Å²) in [6, 6.07) is 0. The van der Waals surface area contributed by atoms with Crippen molar-refractivity contribution < 1.29 is 37.6 Å². The molecule has 0 saturated heterocycles. The van der Waals surface area contributed by atoms with E-state index >= 15 is 0 Å². The van der Waals surface area contributed by atoms with Crippen molar-refractivity contribution >= 4 is 19.8 Å².